The average Bonchev–Trinajstić information content (AvgIpc) is 2.83. The van der Waals surface area contributed by atoms with Gasteiger partial charge in [-0.3, -0.25) is 9.59 Å². The van der Waals surface area contributed by atoms with E-state index in [-0.39, 0.29) is 29.2 Å². The van der Waals surface area contributed by atoms with Crippen LogP contribution in [0.1, 0.15) is 23.3 Å². The van der Waals surface area contributed by atoms with Gasteiger partial charge in [0.1, 0.15) is 0 Å². The molecule has 1 aliphatic heterocycles. The lowest BCUT2D eigenvalue weighted by Crippen LogP contribution is -2.45. The van der Waals surface area contributed by atoms with Crippen LogP contribution in [0.25, 0.3) is 0 Å². The Morgan fingerprint density at radius 3 is 2.89 bits per heavy atom. The quantitative estimate of drug-likeness (QED) is 0.716. The van der Waals surface area contributed by atoms with Gasteiger partial charge < -0.3 is 16.0 Å². The van der Waals surface area contributed by atoms with E-state index < -0.39 is 0 Å². The molecule has 0 spiro atoms. The molecule has 1 aliphatic rings. The van der Waals surface area contributed by atoms with E-state index in [1.165, 1.54) is 0 Å². The SMILES string of the molecule is CNC(=O)C1CCCN(C(=O)c2nonc2N)C1. The molecule has 2 rings (SSSR count). The molecule has 0 radical (unpaired) electrons. The van der Waals surface area contributed by atoms with E-state index >= 15 is 0 Å². The van der Waals surface area contributed by atoms with Crippen molar-refractivity contribution in [2.24, 2.45) is 5.92 Å². The van der Waals surface area contributed by atoms with Crippen LogP contribution < -0.4 is 11.1 Å². The first kappa shape index (κ1) is 12.3. The minimum Gasteiger partial charge on any atom is -0.379 e. The summed E-state index contributed by atoms with van der Waals surface area (Å²) in [5.41, 5.74) is 5.48. The Bertz CT molecular complexity index is 458. The summed E-state index contributed by atoms with van der Waals surface area (Å²) in [4.78, 5) is 25.2. The number of nitrogens with one attached hydrogen (secondary N) is 1. The van der Waals surface area contributed by atoms with Gasteiger partial charge in [0.25, 0.3) is 5.91 Å². The van der Waals surface area contributed by atoms with Gasteiger partial charge in [-0.05, 0) is 23.2 Å². The fourth-order valence-electron chi connectivity index (χ4n) is 2.07. The van der Waals surface area contributed by atoms with Crippen LogP contribution in [0.5, 0.6) is 0 Å². The van der Waals surface area contributed by atoms with E-state index in [0.29, 0.717) is 13.1 Å². The fourth-order valence-corrected chi connectivity index (χ4v) is 2.07. The third-order valence-electron chi connectivity index (χ3n) is 3.04. The number of amides is 2. The van der Waals surface area contributed by atoms with Crippen molar-refractivity contribution in [3.63, 3.8) is 0 Å². The Kier molecular flexibility index (Phi) is 3.45. The molecule has 18 heavy (non-hydrogen) atoms. The Morgan fingerprint density at radius 1 is 1.50 bits per heavy atom. The molecule has 1 fully saturated rings. The molecule has 0 saturated carbocycles. The molecular weight excluding hydrogens is 238 g/mol. The molecule has 1 unspecified atom stereocenters. The summed E-state index contributed by atoms with van der Waals surface area (Å²) in [6.07, 6.45) is 1.55. The predicted molar refractivity (Wildman–Crippen MR) is 61.4 cm³/mol. The molecule has 8 heteroatoms. The van der Waals surface area contributed by atoms with Crippen LogP contribution >= 0.6 is 0 Å². The monoisotopic (exact) mass is 253 g/mol. The summed E-state index contributed by atoms with van der Waals surface area (Å²) in [5.74, 6) is -0.614. The van der Waals surface area contributed by atoms with Crippen molar-refractivity contribution in [2.75, 3.05) is 25.9 Å². The largest absolute Gasteiger partial charge is 0.379 e. The normalized spacial score (nSPS) is 19.6. The van der Waals surface area contributed by atoms with Crippen molar-refractivity contribution in [2.45, 2.75) is 12.8 Å². The number of nitrogen functional groups attached to an aromatic ring is 1. The number of carbonyl (C=O) groups is 2. The second kappa shape index (κ2) is 5.03. The minimum absolute atomic E-state index is 0.00700. The highest BCUT2D eigenvalue weighted by atomic mass is 16.6. The van der Waals surface area contributed by atoms with E-state index in [4.69, 9.17) is 5.73 Å². The van der Waals surface area contributed by atoms with E-state index in [0.717, 1.165) is 12.8 Å². The predicted octanol–water partition coefficient (Wildman–Crippen LogP) is -0.750. The van der Waals surface area contributed by atoms with Crippen LogP contribution in [0.3, 0.4) is 0 Å². The zero-order valence-electron chi connectivity index (χ0n) is 10.0. The van der Waals surface area contributed by atoms with Crippen LogP contribution in [0.2, 0.25) is 0 Å². The molecule has 1 aromatic heterocycles. The topological polar surface area (TPSA) is 114 Å². The first-order valence-electron chi connectivity index (χ1n) is 5.72. The molecule has 2 heterocycles. The number of carbonyl (C=O) groups excluding carboxylic acids is 2. The van der Waals surface area contributed by atoms with Gasteiger partial charge in [0.2, 0.25) is 17.4 Å². The first-order chi connectivity index (χ1) is 8.63. The Morgan fingerprint density at radius 2 is 2.28 bits per heavy atom. The lowest BCUT2D eigenvalue weighted by molar-refractivity contribution is -0.125. The number of nitrogens with two attached hydrogens (primary N) is 1. The summed E-state index contributed by atoms with van der Waals surface area (Å²) in [5, 5.41) is 9.44. The highest BCUT2D eigenvalue weighted by Crippen LogP contribution is 2.19. The number of rotatable bonds is 2. The van der Waals surface area contributed by atoms with E-state index in [2.05, 4.69) is 20.3 Å². The van der Waals surface area contributed by atoms with E-state index in [1.54, 1.807) is 11.9 Å². The smallest absolute Gasteiger partial charge is 0.280 e. The highest BCUT2D eigenvalue weighted by molar-refractivity contribution is 5.96. The van der Waals surface area contributed by atoms with Crippen molar-refractivity contribution < 1.29 is 14.2 Å². The van der Waals surface area contributed by atoms with Crippen LogP contribution in [-0.4, -0.2) is 47.2 Å². The van der Waals surface area contributed by atoms with Crippen molar-refractivity contribution in [1.82, 2.24) is 20.5 Å². The third-order valence-corrected chi connectivity index (χ3v) is 3.04. The Labute approximate surface area is 103 Å². The highest BCUT2D eigenvalue weighted by Gasteiger charge is 2.30. The molecule has 1 atom stereocenters. The summed E-state index contributed by atoms with van der Waals surface area (Å²) < 4.78 is 4.40. The van der Waals surface area contributed by atoms with Gasteiger partial charge in [0, 0.05) is 20.1 Å². The molecule has 0 aromatic carbocycles. The van der Waals surface area contributed by atoms with Crippen LogP contribution in [-0.2, 0) is 4.79 Å². The lowest BCUT2D eigenvalue weighted by Gasteiger charge is -2.31. The Balaban J connectivity index is 2.07. The number of hydrogen-bond acceptors (Lipinski definition) is 6. The standard InChI is InChI=1S/C10H15N5O3/c1-12-9(16)6-3-2-4-15(5-6)10(17)7-8(11)14-18-13-7/h6H,2-5H2,1H3,(H2,11,14)(H,12,16). The second-order valence-corrected chi connectivity index (χ2v) is 4.20. The molecular formula is C10H15N5O3. The maximum absolute atomic E-state index is 12.1. The number of piperidine rings is 1. The summed E-state index contributed by atoms with van der Waals surface area (Å²) in [7, 11) is 1.59. The van der Waals surface area contributed by atoms with Crippen molar-refractivity contribution in [3.8, 4) is 0 Å². The minimum atomic E-state index is -0.345. The number of likely N-dealkylation sites (tertiary alicyclic amines) is 1. The lowest BCUT2D eigenvalue weighted by atomic mass is 9.97. The van der Waals surface area contributed by atoms with Crippen LogP contribution in [0.4, 0.5) is 5.82 Å². The van der Waals surface area contributed by atoms with Crippen molar-refractivity contribution in [3.05, 3.63) is 5.69 Å². The van der Waals surface area contributed by atoms with Crippen LogP contribution in [0.15, 0.2) is 4.63 Å². The fraction of sp³-hybridized carbons (Fsp3) is 0.600. The van der Waals surface area contributed by atoms with Crippen LogP contribution in [0, 0.1) is 5.92 Å². The summed E-state index contributed by atoms with van der Waals surface area (Å²) in [6.45, 7) is 0.948. The van der Waals surface area contributed by atoms with Gasteiger partial charge in [-0.1, -0.05) is 0 Å². The number of anilines is 1. The maximum atomic E-state index is 12.1. The molecule has 98 valence electrons. The zero-order valence-corrected chi connectivity index (χ0v) is 10.0. The van der Waals surface area contributed by atoms with Gasteiger partial charge >= 0.3 is 0 Å². The van der Waals surface area contributed by atoms with Crippen molar-refractivity contribution >= 4 is 17.6 Å². The molecule has 1 saturated heterocycles. The van der Waals surface area contributed by atoms with Gasteiger partial charge in [0.05, 0.1) is 5.92 Å². The number of nitrogens with zero attached hydrogens (tertiary/aromatic N) is 3. The zero-order chi connectivity index (χ0) is 13.1. The number of aromatic nitrogens is 2. The summed E-state index contributed by atoms with van der Waals surface area (Å²) in [6, 6.07) is 0. The molecule has 2 amide bonds. The Hall–Kier alpha value is -2.12. The van der Waals surface area contributed by atoms with Gasteiger partial charge in [0.15, 0.2) is 0 Å². The van der Waals surface area contributed by atoms with E-state index in [9.17, 15) is 9.59 Å². The molecule has 8 nitrogen and oxygen atoms in total. The molecule has 0 aliphatic carbocycles. The van der Waals surface area contributed by atoms with Gasteiger partial charge in [-0.2, -0.15) is 0 Å². The third kappa shape index (κ3) is 2.27. The molecule has 1 aromatic rings. The molecule has 3 N–H and O–H groups in total. The maximum Gasteiger partial charge on any atom is 0.280 e. The van der Waals surface area contributed by atoms with Gasteiger partial charge in [-0.25, -0.2) is 4.63 Å². The van der Waals surface area contributed by atoms with Crippen molar-refractivity contribution in [1.29, 1.82) is 0 Å². The van der Waals surface area contributed by atoms with Gasteiger partial charge in [-0.15, -0.1) is 0 Å². The number of hydrogen-bond donors (Lipinski definition) is 2. The van der Waals surface area contributed by atoms with E-state index in [1.807, 2.05) is 0 Å². The summed E-state index contributed by atoms with van der Waals surface area (Å²) >= 11 is 0. The second-order valence-electron chi connectivity index (χ2n) is 4.20. The average molecular weight is 253 g/mol. The molecule has 0 bridgehead atoms. The first-order valence-corrected chi connectivity index (χ1v) is 5.72.